The lowest BCUT2D eigenvalue weighted by atomic mass is 10.2. The number of rotatable bonds is 0. The van der Waals surface area contributed by atoms with E-state index in [1.807, 2.05) is 43.6 Å². The van der Waals surface area contributed by atoms with E-state index in [0.29, 0.717) is 0 Å². The number of nitrogens with zero attached hydrogens (tertiary/aromatic N) is 3. The van der Waals surface area contributed by atoms with Gasteiger partial charge in [0.25, 0.3) is 0 Å². The Labute approximate surface area is 71.9 Å². The highest BCUT2D eigenvalue weighted by Crippen LogP contribution is 2.29. The van der Waals surface area contributed by atoms with Crippen molar-refractivity contribution in [3.63, 3.8) is 0 Å². The maximum absolute atomic E-state index is 4.28. The Bertz CT molecular complexity index is 319. The maximum Gasteiger partial charge on any atom is 0.110 e. The molecule has 2 rings (SSSR count). The molecule has 3 heteroatoms. The first-order chi connectivity index (χ1) is 5.79. The molecule has 0 saturated heterocycles. The Morgan fingerprint density at radius 1 is 1.17 bits per heavy atom. The molecule has 1 aliphatic rings. The van der Waals surface area contributed by atoms with Gasteiger partial charge >= 0.3 is 0 Å². The van der Waals surface area contributed by atoms with Crippen LogP contribution in [0.1, 0.15) is 0 Å². The smallest absolute Gasteiger partial charge is 0.110 e. The van der Waals surface area contributed by atoms with Crippen molar-refractivity contribution < 1.29 is 0 Å². The molecule has 0 saturated carbocycles. The van der Waals surface area contributed by atoms with Gasteiger partial charge in [-0.1, -0.05) is 12.1 Å². The van der Waals surface area contributed by atoms with E-state index in [4.69, 9.17) is 0 Å². The summed E-state index contributed by atoms with van der Waals surface area (Å²) >= 11 is 0. The van der Waals surface area contributed by atoms with Crippen LogP contribution in [0, 0.1) is 0 Å². The van der Waals surface area contributed by atoms with Crippen molar-refractivity contribution in [2.45, 2.75) is 0 Å². The van der Waals surface area contributed by atoms with Crippen molar-refractivity contribution in [1.82, 2.24) is 5.01 Å². The van der Waals surface area contributed by atoms with E-state index in [1.54, 1.807) is 0 Å². The Hall–Kier alpha value is -1.51. The third-order valence-electron chi connectivity index (χ3n) is 2.07. The van der Waals surface area contributed by atoms with Gasteiger partial charge in [0.1, 0.15) is 6.34 Å². The van der Waals surface area contributed by atoms with Gasteiger partial charge in [0.05, 0.1) is 11.4 Å². The van der Waals surface area contributed by atoms with Crippen LogP contribution in [-0.4, -0.2) is 25.4 Å². The fourth-order valence-electron chi connectivity index (χ4n) is 1.24. The zero-order valence-corrected chi connectivity index (χ0v) is 7.23. The molecule has 0 atom stereocenters. The summed E-state index contributed by atoms with van der Waals surface area (Å²) in [6.07, 6.45) is 1.81. The van der Waals surface area contributed by atoms with Gasteiger partial charge in [0.2, 0.25) is 0 Å². The Kier molecular flexibility index (Phi) is 1.50. The van der Waals surface area contributed by atoms with Crippen LogP contribution in [0.15, 0.2) is 29.3 Å². The second-order valence-electron chi connectivity index (χ2n) is 2.83. The lowest BCUT2D eigenvalue weighted by molar-refractivity contribution is 0.501. The van der Waals surface area contributed by atoms with E-state index in [2.05, 4.69) is 16.1 Å². The van der Waals surface area contributed by atoms with Crippen LogP contribution in [0.5, 0.6) is 0 Å². The van der Waals surface area contributed by atoms with Crippen molar-refractivity contribution in [2.75, 3.05) is 19.1 Å². The highest BCUT2D eigenvalue weighted by molar-refractivity contribution is 5.77. The summed E-state index contributed by atoms with van der Waals surface area (Å²) < 4.78 is 0. The summed E-state index contributed by atoms with van der Waals surface area (Å²) in [4.78, 5) is 4.28. The van der Waals surface area contributed by atoms with Crippen LogP contribution < -0.4 is 5.01 Å². The SMILES string of the molecule is CN1C=Nc2ccccc2N1C. The number of hydrazine groups is 1. The summed E-state index contributed by atoms with van der Waals surface area (Å²) in [7, 11) is 3.99. The number of benzene rings is 1. The number of hydrogen-bond donors (Lipinski definition) is 0. The lowest BCUT2D eigenvalue weighted by Crippen LogP contribution is -2.37. The molecule has 1 aliphatic heterocycles. The number of hydrogen-bond acceptors (Lipinski definition) is 3. The first-order valence-corrected chi connectivity index (χ1v) is 3.89. The Morgan fingerprint density at radius 3 is 2.75 bits per heavy atom. The molecule has 0 radical (unpaired) electrons. The number of para-hydroxylation sites is 2. The molecule has 1 heterocycles. The first kappa shape index (κ1) is 7.16. The third-order valence-corrected chi connectivity index (χ3v) is 2.07. The standard InChI is InChI=1S/C9H11N3/c1-11-7-10-8-5-3-4-6-9(8)12(11)2/h3-7H,1-2H3. The monoisotopic (exact) mass is 161 g/mol. The second kappa shape index (κ2) is 2.52. The van der Waals surface area contributed by atoms with Gasteiger partial charge in [-0.25, -0.2) is 4.99 Å². The van der Waals surface area contributed by atoms with E-state index in [9.17, 15) is 0 Å². The molecule has 0 fully saturated rings. The molecular weight excluding hydrogens is 150 g/mol. The highest BCUT2D eigenvalue weighted by atomic mass is 15.6. The normalized spacial score (nSPS) is 14.8. The summed E-state index contributed by atoms with van der Waals surface area (Å²) in [5.41, 5.74) is 2.17. The number of aliphatic imine (C=N–C) groups is 1. The van der Waals surface area contributed by atoms with Crippen LogP contribution in [0.3, 0.4) is 0 Å². The van der Waals surface area contributed by atoms with Crippen LogP contribution >= 0.6 is 0 Å². The molecule has 12 heavy (non-hydrogen) atoms. The molecule has 0 unspecified atom stereocenters. The zero-order valence-electron chi connectivity index (χ0n) is 7.23. The minimum atomic E-state index is 1.03. The molecular formula is C9H11N3. The van der Waals surface area contributed by atoms with Crippen molar-refractivity contribution in [3.05, 3.63) is 24.3 Å². The molecule has 62 valence electrons. The van der Waals surface area contributed by atoms with Crippen molar-refractivity contribution in [2.24, 2.45) is 4.99 Å². The third kappa shape index (κ3) is 0.942. The van der Waals surface area contributed by atoms with Gasteiger partial charge in [-0.2, -0.15) is 0 Å². The van der Waals surface area contributed by atoms with Crippen molar-refractivity contribution in [1.29, 1.82) is 0 Å². The van der Waals surface area contributed by atoms with E-state index in [-0.39, 0.29) is 0 Å². The molecule has 0 bridgehead atoms. The molecule has 0 N–H and O–H groups in total. The molecule has 0 spiro atoms. The fourth-order valence-corrected chi connectivity index (χ4v) is 1.24. The average Bonchev–Trinajstić information content (AvgIpc) is 2.12. The van der Waals surface area contributed by atoms with Crippen LogP contribution in [-0.2, 0) is 0 Å². The summed E-state index contributed by atoms with van der Waals surface area (Å²) in [5.74, 6) is 0. The quantitative estimate of drug-likeness (QED) is 0.576. The van der Waals surface area contributed by atoms with E-state index in [1.165, 1.54) is 0 Å². The van der Waals surface area contributed by atoms with Crippen LogP contribution in [0.25, 0.3) is 0 Å². The molecule has 1 aromatic rings. The van der Waals surface area contributed by atoms with Crippen LogP contribution in [0.4, 0.5) is 11.4 Å². The van der Waals surface area contributed by atoms with Gasteiger partial charge in [-0.15, -0.1) is 0 Å². The summed E-state index contributed by atoms with van der Waals surface area (Å²) in [5, 5.41) is 4.00. The second-order valence-corrected chi connectivity index (χ2v) is 2.83. The fraction of sp³-hybridized carbons (Fsp3) is 0.222. The van der Waals surface area contributed by atoms with E-state index in [0.717, 1.165) is 11.4 Å². The molecule has 0 amide bonds. The Balaban J connectivity index is 2.52. The maximum atomic E-state index is 4.28. The van der Waals surface area contributed by atoms with Gasteiger partial charge in [-0.3, -0.25) is 10.0 Å². The van der Waals surface area contributed by atoms with Gasteiger partial charge in [-0.05, 0) is 12.1 Å². The van der Waals surface area contributed by atoms with Gasteiger partial charge in [0, 0.05) is 14.1 Å². The predicted octanol–water partition coefficient (Wildman–Crippen LogP) is 1.64. The predicted molar refractivity (Wildman–Crippen MR) is 50.8 cm³/mol. The van der Waals surface area contributed by atoms with Crippen molar-refractivity contribution >= 4 is 17.7 Å². The largest absolute Gasteiger partial charge is 0.286 e. The molecule has 0 aliphatic carbocycles. The van der Waals surface area contributed by atoms with E-state index >= 15 is 0 Å². The molecule has 3 nitrogen and oxygen atoms in total. The van der Waals surface area contributed by atoms with Crippen molar-refractivity contribution in [3.8, 4) is 0 Å². The first-order valence-electron chi connectivity index (χ1n) is 3.89. The summed E-state index contributed by atoms with van der Waals surface area (Å²) in [6.45, 7) is 0. The highest BCUT2D eigenvalue weighted by Gasteiger charge is 2.12. The minimum Gasteiger partial charge on any atom is -0.286 e. The summed E-state index contributed by atoms with van der Waals surface area (Å²) in [6, 6.07) is 8.08. The molecule has 1 aromatic carbocycles. The number of fused-ring (bicyclic) bond motifs is 1. The van der Waals surface area contributed by atoms with E-state index < -0.39 is 0 Å². The minimum absolute atomic E-state index is 1.03. The van der Waals surface area contributed by atoms with Crippen LogP contribution in [0.2, 0.25) is 0 Å². The zero-order chi connectivity index (χ0) is 8.55. The average molecular weight is 161 g/mol. The lowest BCUT2D eigenvalue weighted by Gasteiger charge is -2.32. The van der Waals surface area contributed by atoms with Gasteiger partial charge < -0.3 is 0 Å². The van der Waals surface area contributed by atoms with Gasteiger partial charge in [0.15, 0.2) is 0 Å². The Morgan fingerprint density at radius 2 is 1.92 bits per heavy atom. The molecule has 0 aromatic heterocycles. The number of anilines is 1. The topological polar surface area (TPSA) is 18.8 Å².